The van der Waals surface area contributed by atoms with E-state index < -0.39 is 0 Å². The first-order valence-electron chi connectivity index (χ1n) is 4.15. The molecule has 1 aromatic carbocycles. The van der Waals surface area contributed by atoms with Crippen molar-refractivity contribution >= 4 is 35.0 Å². The number of nitrogens with two attached hydrogens (primary N) is 2. The van der Waals surface area contributed by atoms with E-state index in [4.69, 9.17) is 23.1 Å². The Morgan fingerprint density at radius 1 is 1.50 bits per heavy atom. The molecule has 14 heavy (non-hydrogen) atoms. The van der Waals surface area contributed by atoms with Crippen molar-refractivity contribution in [3.63, 3.8) is 0 Å². The van der Waals surface area contributed by atoms with Crippen molar-refractivity contribution in [2.24, 2.45) is 16.5 Å². The lowest BCUT2D eigenvalue weighted by Crippen LogP contribution is -2.21. The molecule has 0 radical (unpaired) electrons. The fourth-order valence-corrected chi connectivity index (χ4v) is 1.83. The zero-order chi connectivity index (χ0) is 10.6. The van der Waals surface area contributed by atoms with Gasteiger partial charge in [0.1, 0.15) is 0 Å². The Hall–Kier alpha value is -0.870. The molecule has 1 rings (SSSR count). The van der Waals surface area contributed by atoms with Gasteiger partial charge in [-0.25, -0.2) is 4.99 Å². The summed E-state index contributed by atoms with van der Waals surface area (Å²) >= 11 is 7.63. The molecule has 0 unspecified atom stereocenters. The van der Waals surface area contributed by atoms with E-state index in [2.05, 4.69) is 11.9 Å². The second-order valence-corrected chi connectivity index (χ2v) is 4.33. The molecule has 0 spiro atoms. The molecule has 0 saturated carbocycles. The van der Waals surface area contributed by atoms with Crippen LogP contribution in [0, 0.1) is 0 Å². The molecule has 4 N–H and O–H groups in total. The molecule has 3 nitrogen and oxygen atoms in total. The molecular formula is C9H12ClN3S. The zero-order valence-electron chi connectivity index (χ0n) is 7.83. The molecule has 0 aliphatic carbocycles. The standard InChI is InChI=1S/C9H12ClN3S/c1-2-14-6-3-4-7(10)8(5-6)13-9(11)12/h3-5H,2H2,1H3,(H4,11,12,13). The van der Waals surface area contributed by atoms with E-state index in [9.17, 15) is 0 Å². The Morgan fingerprint density at radius 2 is 2.21 bits per heavy atom. The predicted octanol–water partition coefficient (Wildman–Crippen LogP) is 2.36. The average Bonchev–Trinajstić information content (AvgIpc) is 2.10. The number of rotatable bonds is 3. The van der Waals surface area contributed by atoms with Crippen LogP contribution >= 0.6 is 23.4 Å². The molecule has 0 saturated heterocycles. The van der Waals surface area contributed by atoms with E-state index in [-0.39, 0.29) is 5.96 Å². The van der Waals surface area contributed by atoms with Gasteiger partial charge in [0, 0.05) is 4.90 Å². The Labute approximate surface area is 92.5 Å². The normalized spacial score (nSPS) is 9.86. The van der Waals surface area contributed by atoms with Crippen molar-refractivity contribution in [1.29, 1.82) is 0 Å². The predicted molar refractivity (Wildman–Crippen MR) is 63.3 cm³/mol. The minimum Gasteiger partial charge on any atom is -0.370 e. The lowest BCUT2D eigenvalue weighted by molar-refractivity contribution is 1.36. The summed E-state index contributed by atoms with van der Waals surface area (Å²) in [6, 6.07) is 5.61. The molecule has 1 aromatic rings. The van der Waals surface area contributed by atoms with Crippen LogP contribution in [0.1, 0.15) is 6.92 Å². The quantitative estimate of drug-likeness (QED) is 0.475. The maximum absolute atomic E-state index is 5.91. The summed E-state index contributed by atoms with van der Waals surface area (Å²) in [5, 5.41) is 0.554. The fraction of sp³-hybridized carbons (Fsp3) is 0.222. The van der Waals surface area contributed by atoms with Gasteiger partial charge in [-0.1, -0.05) is 18.5 Å². The van der Waals surface area contributed by atoms with Gasteiger partial charge in [-0.15, -0.1) is 11.8 Å². The van der Waals surface area contributed by atoms with E-state index in [0.717, 1.165) is 10.6 Å². The van der Waals surface area contributed by atoms with Gasteiger partial charge in [-0.3, -0.25) is 0 Å². The maximum atomic E-state index is 5.91. The Kier molecular flexibility index (Phi) is 4.10. The fourth-order valence-electron chi connectivity index (χ4n) is 0.974. The molecule has 0 aliphatic heterocycles. The minimum absolute atomic E-state index is 0.0190. The summed E-state index contributed by atoms with van der Waals surface area (Å²) in [6.07, 6.45) is 0. The van der Waals surface area contributed by atoms with Crippen molar-refractivity contribution < 1.29 is 0 Å². The van der Waals surface area contributed by atoms with Crippen LogP contribution in [-0.4, -0.2) is 11.7 Å². The van der Waals surface area contributed by atoms with Crippen LogP contribution < -0.4 is 11.5 Å². The van der Waals surface area contributed by atoms with Crippen molar-refractivity contribution in [2.75, 3.05) is 5.75 Å². The topological polar surface area (TPSA) is 64.4 Å². The van der Waals surface area contributed by atoms with Crippen LogP contribution in [0.25, 0.3) is 0 Å². The van der Waals surface area contributed by atoms with Crippen LogP contribution in [0.4, 0.5) is 5.69 Å². The molecule has 0 amide bonds. The minimum atomic E-state index is 0.0190. The maximum Gasteiger partial charge on any atom is 0.191 e. The van der Waals surface area contributed by atoms with Gasteiger partial charge in [-0.2, -0.15) is 0 Å². The van der Waals surface area contributed by atoms with Crippen molar-refractivity contribution in [1.82, 2.24) is 0 Å². The number of hydrogen-bond donors (Lipinski definition) is 2. The van der Waals surface area contributed by atoms with E-state index in [1.54, 1.807) is 17.8 Å². The summed E-state index contributed by atoms with van der Waals surface area (Å²) in [5.74, 6) is 1.02. The summed E-state index contributed by atoms with van der Waals surface area (Å²) in [6.45, 7) is 2.08. The third-order valence-electron chi connectivity index (χ3n) is 1.48. The van der Waals surface area contributed by atoms with Crippen LogP contribution in [0.3, 0.4) is 0 Å². The first kappa shape index (κ1) is 11.2. The second kappa shape index (κ2) is 5.12. The average molecular weight is 230 g/mol. The van der Waals surface area contributed by atoms with Gasteiger partial charge in [0.15, 0.2) is 5.96 Å². The number of nitrogens with zero attached hydrogens (tertiary/aromatic N) is 1. The molecular weight excluding hydrogens is 218 g/mol. The summed E-state index contributed by atoms with van der Waals surface area (Å²) < 4.78 is 0. The lowest BCUT2D eigenvalue weighted by atomic mass is 10.3. The SMILES string of the molecule is CCSc1ccc(Cl)c(N=C(N)N)c1. The second-order valence-electron chi connectivity index (χ2n) is 2.58. The van der Waals surface area contributed by atoms with Crippen LogP contribution in [-0.2, 0) is 0 Å². The Balaban J connectivity index is 3.02. The lowest BCUT2D eigenvalue weighted by Gasteiger charge is -2.02. The van der Waals surface area contributed by atoms with Gasteiger partial charge < -0.3 is 11.5 Å². The van der Waals surface area contributed by atoms with Crippen LogP contribution in [0.5, 0.6) is 0 Å². The largest absolute Gasteiger partial charge is 0.370 e. The van der Waals surface area contributed by atoms with E-state index in [1.165, 1.54) is 0 Å². The van der Waals surface area contributed by atoms with Crippen molar-refractivity contribution in [2.45, 2.75) is 11.8 Å². The summed E-state index contributed by atoms with van der Waals surface area (Å²) in [7, 11) is 0. The summed E-state index contributed by atoms with van der Waals surface area (Å²) in [4.78, 5) is 5.04. The van der Waals surface area contributed by atoms with E-state index in [0.29, 0.717) is 10.7 Å². The van der Waals surface area contributed by atoms with Gasteiger partial charge in [0.25, 0.3) is 0 Å². The van der Waals surface area contributed by atoms with Gasteiger partial charge in [-0.05, 0) is 24.0 Å². The zero-order valence-corrected chi connectivity index (χ0v) is 9.40. The highest BCUT2D eigenvalue weighted by atomic mass is 35.5. The molecule has 0 heterocycles. The first-order valence-corrected chi connectivity index (χ1v) is 5.52. The number of hydrogen-bond acceptors (Lipinski definition) is 2. The van der Waals surface area contributed by atoms with E-state index in [1.807, 2.05) is 12.1 Å². The molecule has 76 valence electrons. The molecule has 0 aliphatic rings. The number of halogens is 1. The van der Waals surface area contributed by atoms with Gasteiger partial charge in [0.2, 0.25) is 0 Å². The van der Waals surface area contributed by atoms with E-state index >= 15 is 0 Å². The number of benzene rings is 1. The molecule has 0 aromatic heterocycles. The first-order chi connectivity index (χ1) is 6.63. The van der Waals surface area contributed by atoms with Crippen molar-refractivity contribution in [3.05, 3.63) is 23.2 Å². The monoisotopic (exact) mass is 229 g/mol. The number of guanidine groups is 1. The highest BCUT2D eigenvalue weighted by Crippen LogP contribution is 2.30. The Morgan fingerprint density at radius 3 is 2.79 bits per heavy atom. The number of aliphatic imine (C=N–C) groups is 1. The third kappa shape index (κ3) is 3.12. The molecule has 0 bridgehead atoms. The highest BCUT2D eigenvalue weighted by Gasteiger charge is 2.01. The van der Waals surface area contributed by atoms with Gasteiger partial charge >= 0.3 is 0 Å². The molecule has 0 fully saturated rings. The summed E-state index contributed by atoms with van der Waals surface area (Å²) in [5.41, 5.74) is 11.2. The van der Waals surface area contributed by atoms with Crippen LogP contribution in [0.2, 0.25) is 5.02 Å². The van der Waals surface area contributed by atoms with Gasteiger partial charge in [0.05, 0.1) is 10.7 Å². The molecule has 5 heteroatoms. The Bertz CT molecular complexity index is 348. The molecule has 0 atom stereocenters. The van der Waals surface area contributed by atoms with Crippen molar-refractivity contribution in [3.8, 4) is 0 Å². The highest BCUT2D eigenvalue weighted by molar-refractivity contribution is 7.99. The third-order valence-corrected chi connectivity index (χ3v) is 2.67. The number of thioether (sulfide) groups is 1. The van der Waals surface area contributed by atoms with Crippen LogP contribution in [0.15, 0.2) is 28.1 Å². The smallest absolute Gasteiger partial charge is 0.191 e.